The minimum Gasteiger partial charge on any atom is -0.508 e. The maximum Gasteiger partial charge on any atom is 0.266 e. The molecule has 3 aromatic carbocycles. The lowest BCUT2D eigenvalue weighted by Crippen LogP contribution is -2.13. The van der Waals surface area contributed by atoms with Crippen molar-refractivity contribution in [1.82, 2.24) is 4.57 Å². The number of phenolic OH excluding ortho intramolecular Hbond substituents is 1. The molecule has 0 bridgehead atoms. The molecule has 5 nitrogen and oxygen atoms in total. The van der Waals surface area contributed by atoms with E-state index in [-0.39, 0.29) is 11.3 Å². The molecule has 6 heteroatoms. The molecule has 0 aliphatic heterocycles. The fourth-order valence-corrected chi connectivity index (χ4v) is 3.48. The zero-order valence-electron chi connectivity index (χ0n) is 16.4. The van der Waals surface area contributed by atoms with Gasteiger partial charge in [-0.3, -0.25) is 4.79 Å². The molecule has 0 saturated heterocycles. The summed E-state index contributed by atoms with van der Waals surface area (Å²) in [6.07, 6.45) is 3.53. The number of carbonyl (C=O) groups excluding carboxylic acids is 1. The zero-order chi connectivity index (χ0) is 21.8. The Morgan fingerprint density at radius 1 is 1.06 bits per heavy atom. The number of para-hydroxylation sites is 1. The fraction of sp³-hybridized carbons (Fsp3) is 0.0400. The van der Waals surface area contributed by atoms with Gasteiger partial charge in [0.1, 0.15) is 17.4 Å². The van der Waals surface area contributed by atoms with Crippen molar-refractivity contribution < 1.29 is 9.90 Å². The largest absolute Gasteiger partial charge is 0.508 e. The van der Waals surface area contributed by atoms with Crippen molar-refractivity contribution in [2.24, 2.45) is 0 Å². The molecule has 0 spiro atoms. The Hall–Kier alpha value is -4.01. The van der Waals surface area contributed by atoms with Crippen LogP contribution < -0.4 is 5.32 Å². The van der Waals surface area contributed by atoms with Gasteiger partial charge in [0.2, 0.25) is 0 Å². The van der Waals surface area contributed by atoms with Crippen LogP contribution in [0.1, 0.15) is 11.1 Å². The number of amides is 1. The number of carbonyl (C=O) groups is 1. The molecular weight excluding hydrogens is 410 g/mol. The number of phenols is 1. The highest BCUT2D eigenvalue weighted by Crippen LogP contribution is 2.25. The number of aromatic hydroxyl groups is 1. The summed E-state index contributed by atoms with van der Waals surface area (Å²) in [7, 11) is 0. The van der Waals surface area contributed by atoms with Crippen molar-refractivity contribution >= 4 is 40.2 Å². The highest BCUT2D eigenvalue weighted by atomic mass is 35.5. The van der Waals surface area contributed by atoms with Crippen LogP contribution in [0.2, 0.25) is 5.02 Å². The van der Waals surface area contributed by atoms with E-state index in [0.717, 1.165) is 22.0 Å². The molecule has 0 atom stereocenters. The van der Waals surface area contributed by atoms with Gasteiger partial charge in [0, 0.05) is 39.9 Å². The van der Waals surface area contributed by atoms with Gasteiger partial charge in [0.15, 0.2) is 0 Å². The molecule has 0 saturated carbocycles. The third-order valence-electron chi connectivity index (χ3n) is 4.88. The van der Waals surface area contributed by atoms with Gasteiger partial charge < -0.3 is 15.0 Å². The first-order valence-electron chi connectivity index (χ1n) is 9.58. The van der Waals surface area contributed by atoms with Crippen LogP contribution in [0, 0.1) is 11.3 Å². The van der Waals surface area contributed by atoms with Gasteiger partial charge in [-0.2, -0.15) is 5.26 Å². The molecule has 1 aromatic heterocycles. The first kappa shape index (κ1) is 20.3. The summed E-state index contributed by atoms with van der Waals surface area (Å²) in [6.45, 7) is 0.632. The van der Waals surface area contributed by atoms with E-state index in [9.17, 15) is 15.2 Å². The van der Waals surface area contributed by atoms with Crippen LogP contribution in [0.5, 0.6) is 5.75 Å². The molecule has 4 rings (SSSR count). The van der Waals surface area contributed by atoms with Crippen LogP contribution in [0.4, 0.5) is 5.69 Å². The van der Waals surface area contributed by atoms with Crippen molar-refractivity contribution in [1.29, 1.82) is 5.26 Å². The lowest BCUT2D eigenvalue weighted by Gasteiger charge is -2.05. The molecule has 0 unspecified atom stereocenters. The van der Waals surface area contributed by atoms with Gasteiger partial charge in [-0.05, 0) is 54.1 Å². The van der Waals surface area contributed by atoms with Gasteiger partial charge in [-0.15, -0.1) is 0 Å². The fourth-order valence-electron chi connectivity index (χ4n) is 3.35. The van der Waals surface area contributed by atoms with Gasteiger partial charge in [0.25, 0.3) is 5.91 Å². The minimum atomic E-state index is -0.511. The standard InChI is InChI=1S/C25H18ClN3O2/c26-20-7-5-17(6-8-20)15-29-16-19(23-3-1-2-4-24(23)29)13-18(14-27)25(31)28-21-9-11-22(30)12-10-21/h1-13,16,30H,15H2,(H,28,31)/b18-13+. The van der Waals surface area contributed by atoms with E-state index in [2.05, 4.69) is 9.88 Å². The number of aromatic nitrogens is 1. The topological polar surface area (TPSA) is 78.0 Å². The Balaban J connectivity index is 1.66. The lowest BCUT2D eigenvalue weighted by atomic mass is 10.1. The second-order valence-electron chi connectivity index (χ2n) is 7.03. The number of benzene rings is 3. The van der Waals surface area contributed by atoms with Crippen molar-refractivity contribution in [2.75, 3.05) is 5.32 Å². The van der Waals surface area contributed by atoms with Crippen LogP contribution in [-0.2, 0) is 11.3 Å². The number of halogens is 1. The maximum atomic E-state index is 12.6. The SMILES string of the molecule is N#C/C(=C\c1cn(Cc2ccc(Cl)cc2)c2ccccc12)C(=O)Nc1ccc(O)cc1. The number of nitriles is 1. The van der Waals surface area contributed by atoms with E-state index >= 15 is 0 Å². The predicted molar refractivity (Wildman–Crippen MR) is 123 cm³/mol. The first-order chi connectivity index (χ1) is 15.0. The Kier molecular flexibility index (Phi) is 5.74. The zero-order valence-corrected chi connectivity index (χ0v) is 17.2. The summed E-state index contributed by atoms with van der Waals surface area (Å²) in [5.74, 6) is -0.412. The number of fused-ring (bicyclic) bond motifs is 1. The second-order valence-corrected chi connectivity index (χ2v) is 7.46. The summed E-state index contributed by atoms with van der Waals surface area (Å²) >= 11 is 5.99. The van der Waals surface area contributed by atoms with Crippen molar-refractivity contribution in [2.45, 2.75) is 6.54 Å². The average molecular weight is 428 g/mol. The third kappa shape index (κ3) is 4.61. The van der Waals surface area contributed by atoms with E-state index in [0.29, 0.717) is 17.3 Å². The smallest absolute Gasteiger partial charge is 0.266 e. The normalized spacial score (nSPS) is 11.3. The lowest BCUT2D eigenvalue weighted by molar-refractivity contribution is -0.112. The molecule has 4 aromatic rings. The van der Waals surface area contributed by atoms with Gasteiger partial charge in [0.05, 0.1) is 0 Å². The van der Waals surface area contributed by atoms with Crippen molar-refractivity contribution in [3.63, 3.8) is 0 Å². The number of hydrogen-bond donors (Lipinski definition) is 2. The van der Waals surface area contributed by atoms with Crippen LogP contribution in [0.15, 0.2) is 84.6 Å². The molecule has 0 radical (unpaired) electrons. The molecule has 0 fully saturated rings. The summed E-state index contributed by atoms with van der Waals surface area (Å²) in [6, 6.07) is 23.6. The molecule has 1 amide bonds. The number of nitrogens with zero attached hydrogens (tertiary/aromatic N) is 2. The molecule has 31 heavy (non-hydrogen) atoms. The minimum absolute atomic E-state index is 0.0116. The second kappa shape index (κ2) is 8.78. The van der Waals surface area contributed by atoms with E-state index in [4.69, 9.17) is 11.6 Å². The van der Waals surface area contributed by atoms with Gasteiger partial charge in [-0.1, -0.05) is 41.9 Å². The number of anilines is 1. The number of nitrogens with one attached hydrogen (secondary N) is 1. The van der Waals surface area contributed by atoms with Crippen molar-refractivity contribution in [3.8, 4) is 11.8 Å². The third-order valence-corrected chi connectivity index (χ3v) is 5.13. The maximum absolute atomic E-state index is 12.6. The van der Waals surface area contributed by atoms with Gasteiger partial charge >= 0.3 is 0 Å². The molecule has 1 heterocycles. The summed E-state index contributed by atoms with van der Waals surface area (Å²) in [5.41, 5.74) is 3.35. The number of rotatable bonds is 5. The highest BCUT2D eigenvalue weighted by molar-refractivity contribution is 6.30. The van der Waals surface area contributed by atoms with E-state index in [1.165, 1.54) is 12.1 Å². The van der Waals surface area contributed by atoms with Crippen LogP contribution in [-0.4, -0.2) is 15.6 Å². The molecule has 0 aliphatic rings. The van der Waals surface area contributed by atoms with Gasteiger partial charge in [-0.25, -0.2) is 0 Å². The van der Waals surface area contributed by atoms with Crippen molar-refractivity contribution in [3.05, 3.63) is 101 Å². The average Bonchev–Trinajstić information content (AvgIpc) is 3.12. The van der Waals surface area contributed by atoms with Crippen LogP contribution in [0.25, 0.3) is 17.0 Å². The molecule has 0 aliphatic carbocycles. The Morgan fingerprint density at radius 2 is 1.77 bits per heavy atom. The number of hydrogen-bond acceptors (Lipinski definition) is 3. The monoisotopic (exact) mass is 427 g/mol. The van der Waals surface area contributed by atoms with Crippen LogP contribution >= 0.6 is 11.6 Å². The van der Waals surface area contributed by atoms with Crippen LogP contribution in [0.3, 0.4) is 0 Å². The molecule has 152 valence electrons. The van der Waals surface area contributed by atoms with E-state index in [1.54, 1.807) is 18.2 Å². The molecule has 2 N–H and O–H groups in total. The van der Waals surface area contributed by atoms with E-state index < -0.39 is 5.91 Å². The first-order valence-corrected chi connectivity index (χ1v) is 9.96. The summed E-state index contributed by atoms with van der Waals surface area (Å²) in [5, 5.41) is 23.3. The highest BCUT2D eigenvalue weighted by Gasteiger charge is 2.13. The molecular formula is C25H18ClN3O2. The Labute approximate surface area is 184 Å². The Morgan fingerprint density at radius 3 is 2.48 bits per heavy atom. The Bertz CT molecular complexity index is 1310. The quantitative estimate of drug-likeness (QED) is 0.247. The van der Waals surface area contributed by atoms with E-state index in [1.807, 2.05) is 60.8 Å². The predicted octanol–water partition coefficient (Wildman–Crippen LogP) is 5.59. The summed E-state index contributed by atoms with van der Waals surface area (Å²) in [4.78, 5) is 12.6. The summed E-state index contributed by atoms with van der Waals surface area (Å²) < 4.78 is 2.08.